The molecule has 1 amide bonds. The second-order valence-corrected chi connectivity index (χ2v) is 5.98. The molecule has 4 heteroatoms. The first-order chi connectivity index (χ1) is 11.0. The van der Waals surface area contributed by atoms with E-state index in [1.54, 1.807) is 0 Å². The van der Waals surface area contributed by atoms with E-state index in [0.717, 1.165) is 17.1 Å². The normalized spacial score (nSPS) is 10.3. The highest BCUT2D eigenvalue weighted by Gasteiger charge is 2.04. The number of nitrogens with zero attached hydrogens (tertiary/aromatic N) is 1. The van der Waals surface area contributed by atoms with Gasteiger partial charge in [0.25, 0.3) is 0 Å². The Bertz CT molecular complexity index is 663. The number of hydrogen-bond donors (Lipinski definition) is 2. The minimum Gasteiger partial charge on any atom is -0.384 e. The van der Waals surface area contributed by atoms with Crippen LogP contribution in [0.1, 0.15) is 17.5 Å². The zero-order valence-corrected chi connectivity index (χ0v) is 14.3. The molecule has 0 saturated carbocycles. The Morgan fingerprint density at radius 2 is 1.74 bits per heavy atom. The average molecular weight is 311 g/mol. The number of rotatable bonds is 6. The summed E-state index contributed by atoms with van der Waals surface area (Å²) in [6.07, 6.45) is 0.433. The number of carbonyl (C=O) groups is 1. The summed E-state index contributed by atoms with van der Waals surface area (Å²) in [6.45, 7) is 4.76. The van der Waals surface area contributed by atoms with Crippen LogP contribution in [-0.4, -0.2) is 26.5 Å². The van der Waals surface area contributed by atoms with E-state index in [1.807, 2.05) is 43.3 Å². The van der Waals surface area contributed by atoms with Crippen LogP contribution in [-0.2, 0) is 4.79 Å². The molecule has 122 valence electrons. The van der Waals surface area contributed by atoms with Crippen molar-refractivity contribution >= 4 is 23.0 Å². The van der Waals surface area contributed by atoms with Gasteiger partial charge in [0.2, 0.25) is 5.91 Å². The van der Waals surface area contributed by atoms with Crippen LogP contribution < -0.4 is 15.5 Å². The Morgan fingerprint density at radius 1 is 1.04 bits per heavy atom. The molecule has 0 aliphatic rings. The molecule has 0 atom stereocenters. The van der Waals surface area contributed by atoms with Gasteiger partial charge in [-0.2, -0.15) is 0 Å². The average Bonchev–Trinajstić information content (AvgIpc) is 2.50. The fraction of sp³-hybridized carbons (Fsp3) is 0.316. The third-order valence-corrected chi connectivity index (χ3v) is 3.72. The van der Waals surface area contributed by atoms with Gasteiger partial charge in [0.15, 0.2) is 0 Å². The van der Waals surface area contributed by atoms with E-state index in [0.29, 0.717) is 13.0 Å². The van der Waals surface area contributed by atoms with Gasteiger partial charge in [-0.25, -0.2) is 0 Å². The van der Waals surface area contributed by atoms with Gasteiger partial charge in [0.05, 0.1) is 0 Å². The van der Waals surface area contributed by atoms with Crippen LogP contribution in [0.4, 0.5) is 17.1 Å². The van der Waals surface area contributed by atoms with E-state index in [-0.39, 0.29) is 5.91 Å². The van der Waals surface area contributed by atoms with Gasteiger partial charge >= 0.3 is 0 Å². The van der Waals surface area contributed by atoms with E-state index in [2.05, 4.69) is 42.7 Å². The summed E-state index contributed by atoms with van der Waals surface area (Å²) >= 11 is 0. The fourth-order valence-electron chi connectivity index (χ4n) is 2.39. The van der Waals surface area contributed by atoms with E-state index in [9.17, 15) is 4.79 Å². The number of aryl methyl sites for hydroxylation is 2. The molecule has 0 fully saturated rings. The largest absolute Gasteiger partial charge is 0.384 e. The van der Waals surface area contributed by atoms with E-state index in [4.69, 9.17) is 0 Å². The molecule has 0 aliphatic heterocycles. The van der Waals surface area contributed by atoms with Gasteiger partial charge in [0, 0.05) is 44.1 Å². The van der Waals surface area contributed by atoms with Gasteiger partial charge in [0.1, 0.15) is 0 Å². The summed E-state index contributed by atoms with van der Waals surface area (Å²) in [5.74, 6) is 0.0138. The standard InChI is InChI=1S/C19H25N3O/c1-14-5-10-18(15(2)13-14)20-12-11-19(23)21-16-6-8-17(9-7-16)22(3)4/h5-10,13,20H,11-12H2,1-4H3,(H,21,23). The summed E-state index contributed by atoms with van der Waals surface area (Å²) in [4.78, 5) is 14.0. The van der Waals surface area contributed by atoms with Gasteiger partial charge in [-0.15, -0.1) is 0 Å². The van der Waals surface area contributed by atoms with Gasteiger partial charge < -0.3 is 15.5 Å². The molecule has 2 aromatic carbocycles. The molecule has 2 rings (SSSR count). The molecule has 0 saturated heterocycles. The highest BCUT2D eigenvalue weighted by atomic mass is 16.1. The smallest absolute Gasteiger partial charge is 0.226 e. The summed E-state index contributed by atoms with van der Waals surface area (Å²) in [7, 11) is 3.98. The lowest BCUT2D eigenvalue weighted by Gasteiger charge is -2.13. The summed E-state index contributed by atoms with van der Waals surface area (Å²) in [6, 6.07) is 14.1. The van der Waals surface area contributed by atoms with Crippen LogP contribution in [0.15, 0.2) is 42.5 Å². The molecule has 0 radical (unpaired) electrons. The molecule has 4 nitrogen and oxygen atoms in total. The molecular weight excluding hydrogens is 286 g/mol. The number of carbonyl (C=O) groups excluding carboxylic acids is 1. The Morgan fingerprint density at radius 3 is 2.35 bits per heavy atom. The summed E-state index contributed by atoms with van der Waals surface area (Å²) < 4.78 is 0. The van der Waals surface area contributed by atoms with E-state index in [1.165, 1.54) is 11.1 Å². The molecular formula is C19H25N3O. The van der Waals surface area contributed by atoms with Gasteiger partial charge in [-0.3, -0.25) is 4.79 Å². The third-order valence-electron chi connectivity index (χ3n) is 3.72. The van der Waals surface area contributed by atoms with Crippen LogP contribution >= 0.6 is 0 Å². The topological polar surface area (TPSA) is 44.4 Å². The third kappa shape index (κ3) is 5.02. The number of nitrogens with one attached hydrogen (secondary N) is 2. The predicted octanol–water partition coefficient (Wildman–Crippen LogP) is 3.81. The van der Waals surface area contributed by atoms with Crippen molar-refractivity contribution in [2.45, 2.75) is 20.3 Å². The number of hydrogen-bond acceptors (Lipinski definition) is 3. The second-order valence-electron chi connectivity index (χ2n) is 5.98. The van der Waals surface area contributed by atoms with Crippen LogP contribution in [0.25, 0.3) is 0 Å². The molecule has 2 N–H and O–H groups in total. The molecule has 0 unspecified atom stereocenters. The Balaban J connectivity index is 1.80. The van der Waals surface area contributed by atoms with Crippen molar-refractivity contribution in [3.63, 3.8) is 0 Å². The maximum Gasteiger partial charge on any atom is 0.226 e. The van der Waals surface area contributed by atoms with Crippen molar-refractivity contribution in [3.8, 4) is 0 Å². The van der Waals surface area contributed by atoms with Crippen LogP contribution in [0.2, 0.25) is 0 Å². The number of anilines is 3. The zero-order valence-electron chi connectivity index (χ0n) is 14.3. The van der Waals surface area contributed by atoms with Crippen LogP contribution in [0.3, 0.4) is 0 Å². The van der Waals surface area contributed by atoms with Crippen molar-refractivity contribution in [3.05, 3.63) is 53.6 Å². The lowest BCUT2D eigenvalue weighted by atomic mass is 10.1. The van der Waals surface area contributed by atoms with Gasteiger partial charge in [-0.1, -0.05) is 17.7 Å². The minimum atomic E-state index is 0.0138. The fourth-order valence-corrected chi connectivity index (χ4v) is 2.39. The lowest BCUT2D eigenvalue weighted by molar-refractivity contribution is -0.115. The highest BCUT2D eigenvalue weighted by Crippen LogP contribution is 2.17. The van der Waals surface area contributed by atoms with E-state index >= 15 is 0 Å². The summed E-state index contributed by atoms with van der Waals surface area (Å²) in [5.41, 5.74) is 5.46. The quantitative estimate of drug-likeness (QED) is 0.852. The highest BCUT2D eigenvalue weighted by molar-refractivity contribution is 5.91. The molecule has 0 bridgehead atoms. The number of amides is 1. The maximum absolute atomic E-state index is 12.0. The molecule has 23 heavy (non-hydrogen) atoms. The Kier molecular flexibility index (Phi) is 5.63. The van der Waals surface area contributed by atoms with Crippen LogP contribution in [0, 0.1) is 13.8 Å². The monoisotopic (exact) mass is 311 g/mol. The summed E-state index contributed by atoms with van der Waals surface area (Å²) in [5, 5.41) is 6.23. The maximum atomic E-state index is 12.0. The first-order valence-electron chi connectivity index (χ1n) is 7.84. The zero-order chi connectivity index (χ0) is 16.8. The minimum absolute atomic E-state index is 0.0138. The van der Waals surface area contributed by atoms with Gasteiger partial charge in [-0.05, 0) is 49.7 Å². The Labute approximate surface area is 138 Å². The molecule has 2 aromatic rings. The first kappa shape index (κ1) is 16.9. The van der Waals surface area contributed by atoms with Crippen molar-refractivity contribution in [1.82, 2.24) is 0 Å². The van der Waals surface area contributed by atoms with Crippen molar-refractivity contribution < 1.29 is 4.79 Å². The SMILES string of the molecule is Cc1ccc(NCCC(=O)Nc2ccc(N(C)C)cc2)c(C)c1. The predicted molar refractivity (Wildman–Crippen MR) is 98.4 cm³/mol. The van der Waals surface area contributed by atoms with Crippen LogP contribution in [0.5, 0.6) is 0 Å². The molecule has 0 aromatic heterocycles. The van der Waals surface area contributed by atoms with Crippen molar-refractivity contribution in [2.75, 3.05) is 36.2 Å². The van der Waals surface area contributed by atoms with Crippen molar-refractivity contribution in [1.29, 1.82) is 0 Å². The van der Waals surface area contributed by atoms with Crippen molar-refractivity contribution in [2.24, 2.45) is 0 Å². The number of benzene rings is 2. The van der Waals surface area contributed by atoms with E-state index < -0.39 is 0 Å². The second kappa shape index (κ2) is 7.68. The molecule has 0 aliphatic carbocycles. The lowest BCUT2D eigenvalue weighted by Crippen LogP contribution is -2.16. The molecule has 0 heterocycles. The Hall–Kier alpha value is -2.49. The molecule has 0 spiro atoms. The first-order valence-corrected chi connectivity index (χ1v) is 7.84.